The maximum atomic E-state index is 11.4. The highest BCUT2D eigenvalue weighted by atomic mass is 32.2. The van der Waals surface area contributed by atoms with Crippen LogP contribution in [0.15, 0.2) is 34.7 Å². The molecule has 1 aromatic carbocycles. The SMILES string of the molecule is Cc1c(NCc2nccs2)cccc1S(N)(=O)=O. The van der Waals surface area contributed by atoms with E-state index in [9.17, 15) is 8.42 Å². The van der Waals surface area contributed by atoms with Crippen LogP contribution in [0.2, 0.25) is 0 Å². The van der Waals surface area contributed by atoms with Crippen LogP contribution in [-0.4, -0.2) is 13.4 Å². The normalized spacial score (nSPS) is 11.4. The lowest BCUT2D eigenvalue weighted by molar-refractivity contribution is 0.597. The van der Waals surface area contributed by atoms with Crippen molar-refractivity contribution in [1.29, 1.82) is 0 Å². The van der Waals surface area contributed by atoms with Crippen LogP contribution in [0, 0.1) is 6.92 Å². The molecular weight excluding hydrogens is 270 g/mol. The molecule has 5 nitrogen and oxygen atoms in total. The summed E-state index contributed by atoms with van der Waals surface area (Å²) >= 11 is 1.54. The number of nitrogens with two attached hydrogens (primary N) is 1. The van der Waals surface area contributed by atoms with Gasteiger partial charge in [-0.2, -0.15) is 0 Å². The van der Waals surface area contributed by atoms with E-state index in [0.717, 1.165) is 10.7 Å². The molecule has 1 aromatic heterocycles. The third-order valence-electron chi connectivity index (χ3n) is 2.50. The predicted molar refractivity (Wildman–Crippen MR) is 72.0 cm³/mol. The number of anilines is 1. The van der Waals surface area contributed by atoms with E-state index in [1.54, 1.807) is 30.5 Å². The highest BCUT2D eigenvalue weighted by Gasteiger charge is 2.13. The lowest BCUT2D eigenvalue weighted by atomic mass is 10.2. The summed E-state index contributed by atoms with van der Waals surface area (Å²) in [6, 6.07) is 4.98. The number of aromatic nitrogens is 1. The van der Waals surface area contributed by atoms with Crippen molar-refractivity contribution in [2.24, 2.45) is 5.14 Å². The van der Waals surface area contributed by atoms with Crippen molar-refractivity contribution in [1.82, 2.24) is 4.98 Å². The average molecular weight is 283 g/mol. The highest BCUT2D eigenvalue weighted by molar-refractivity contribution is 7.89. The van der Waals surface area contributed by atoms with Crippen molar-refractivity contribution < 1.29 is 8.42 Å². The van der Waals surface area contributed by atoms with Crippen LogP contribution >= 0.6 is 11.3 Å². The molecule has 1 heterocycles. The molecule has 0 aliphatic rings. The molecule has 2 rings (SSSR count). The van der Waals surface area contributed by atoms with Crippen LogP contribution < -0.4 is 10.5 Å². The number of thiazole rings is 1. The van der Waals surface area contributed by atoms with Crippen molar-refractivity contribution in [3.05, 3.63) is 40.3 Å². The van der Waals surface area contributed by atoms with Gasteiger partial charge in [-0.15, -0.1) is 11.3 Å². The van der Waals surface area contributed by atoms with E-state index in [1.165, 1.54) is 6.07 Å². The van der Waals surface area contributed by atoms with Crippen LogP contribution in [0.5, 0.6) is 0 Å². The van der Waals surface area contributed by atoms with E-state index in [4.69, 9.17) is 5.14 Å². The summed E-state index contributed by atoms with van der Waals surface area (Å²) in [5, 5.41) is 11.1. The maximum Gasteiger partial charge on any atom is 0.238 e. The van der Waals surface area contributed by atoms with Gasteiger partial charge in [-0.25, -0.2) is 18.5 Å². The lowest BCUT2D eigenvalue weighted by Gasteiger charge is -2.11. The zero-order chi connectivity index (χ0) is 13.2. The van der Waals surface area contributed by atoms with E-state index < -0.39 is 10.0 Å². The molecule has 0 amide bonds. The summed E-state index contributed by atoms with van der Waals surface area (Å²) in [7, 11) is -3.68. The van der Waals surface area contributed by atoms with Gasteiger partial charge in [0.25, 0.3) is 0 Å². The number of nitrogens with zero attached hydrogens (tertiary/aromatic N) is 1. The number of sulfonamides is 1. The van der Waals surface area contributed by atoms with Crippen molar-refractivity contribution in [3.8, 4) is 0 Å². The zero-order valence-corrected chi connectivity index (χ0v) is 11.4. The number of hydrogen-bond donors (Lipinski definition) is 2. The Hall–Kier alpha value is -1.44. The highest BCUT2D eigenvalue weighted by Crippen LogP contribution is 2.22. The summed E-state index contributed by atoms with van der Waals surface area (Å²) in [5.41, 5.74) is 1.37. The Bertz CT molecular complexity index is 636. The zero-order valence-electron chi connectivity index (χ0n) is 9.75. The molecule has 0 saturated heterocycles. The van der Waals surface area contributed by atoms with Gasteiger partial charge >= 0.3 is 0 Å². The second-order valence-corrected chi connectivity index (χ2v) is 6.26. The quantitative estimate of drug-likeness (QED) is 0.894. The Labute approximate surface area is 110 Å². The molecule has 0 bridgehead atoms. The number of rotatable bonds is 4. The van der Waals surface area contributed by atoms with Crippen LogP contribution in [0.25, 0.3) is 0 Å². The Kier molecular flexibility index (Phi) is 3.65. The minimum Gasteiger partial charge on any atom is -0.378 e. The van der Waals surface area contributed by atoms with Crippen LogP contribution in [0.4, 0.5) is 5.69 Å². The lowest BCUT2D eigenvalue weighted by Crippen LogP contribution is -2.14. The third kappa shape index (κ3) is 2.87. The number of nitrogens with one attached hydrogen (secondary N) is 1. The number of primary sulfonamides is 1. The Morgan fingerprint density at radius 1 is 1.44 bits per heavy atom. The minimum absolute atomic E-state index is 0.145. The molecule has 3 N–H and O–H groups in total. The topological polar surface area (TPSA) is 85.1 Å². The van der Waals surface area contributed by atoms with Crippen molar-refractivity contribution in [2.45, 2.75) is 18.4 Å². The number of hydrogen-bond acceptors (Lipinski definition) is 5. The van der Waals surface area contributed by atoms with Gasteiger partial charge in [0.05, 0.1) is 11.4 Å². The first-order chi connectivity index (χ1) is 8.48. The molecule has 7 heteroatoms. The minimum atomic E-state index is -3.68. The van der Waals surface area contributed by atoms with Crippen molar-refractivity contribution >= 4 is 27.0 Å². The Morgan fingerprint density at radius 2 is 2.22 bits per heavy atom. The first kappa shape index (κ1) is 13.0. The van der Waals surface area contributed by atoms with E-state index in [-0.39, 0.29) is 4.90 Å². The van der Waals surface area contributed by atoms with E-state index in [2.05, 4.69) is 10.3 Å². The van der Waals surface area contributed by atoms with Gasteiger partial charge in [0.15, 0.2) is 0 Å². The summed E-state index contributed by atoms with van der Waals surface area (Å²) < 4.78 is 22.8. The van der Waals surface area contributed by atoms with E-state index >= 15 is 0 Å². The fraction of sp³-hybridized carbons (Fsp3) is 0.182. The summed E-state index contributed by atoms with van der Waals surface area (Å²) in [6.45, 7) is 2.29. The van der Waals surface area contributed by atoms with E-state index in [0.29, 0.717) is 12.1 Å². The Morgan fingerprint density at radius 3 is 2.83 bits per heavy atom. The third-order valence-corrected chi connectivity index (χ3v) is 4.34. The number of benzene rings is 1. The predicted octanol–water partition coefficient (Wildman–Crippen LogP) is 1.71. The van der Waals surface area contributed by atoms with Gasteiger partial charge in [-0.05, 0) is 24.6 Å². The molecular formula is C11H13N3O2S2. The largest absolute Gasteiger partial charge is 0.378 e. The summed E-state index contributed by atoms with van der Waals surface area (Å²) in [5.74, 6) is 0. The molecule has 0 unspecified atom stereocenters. The summed E-state index contributed by atoms with van der Waals surface area (Å²) in [4.78, 5) is 4.29. The fourth-order valence-electron chi connectivity index (χ4n) is 1.63. The first-order valence-electron chi connectivity index (χ1n) is 5.23. The Balaban J connectivity index is 2.24. The van der Waals surface area contributed by atoms with Crippen molar-refractivity contribution in [3.63, 3.8) is 0 Å². The molecule has 0 aliphatic heterocycles. The average Bonchev–Trinajstić information content (AvgIpc) is 2.79. The standard InChI is InChI=1S/C11H13N3O2S2/c1-8-9(14-7-11-13-5-6-17-11)3-2-4-10(8)18(12,15)16/h2-6,14H,7H2,1H3,(H2,12,15,16). The molecule has 2 aromatic rings. The molecule has 0 aliphatic carbocycles. The smallest absolute Gasteiger partial charge is 0.238 e. The first-order valence-corrected chi connectivity index (χ1v) is 7.66. The van der Waals surface area contributed by atoms with Gasteiger partial charge in [0.2, 0.25) is 10.0 Å². The molecule has 18 heavy (non-hydrogen) atoms. The molecule has 0 fully saturated rings. The van der Waals surface area contributed by atoms with Crippen LogP contribution in [0.3, 0.4) is 0 Å². The van der Waals surface area contributed by atoms with E-state index in [1.807, 2.05) is 11.4 Å². The maximum absolute atomic E-state index is 11.4. The van der Waals surface area contributed by atoms with Gasteiger partial charge in [0.1, 0.15) is 5.01 Å². The summed E-state index contributed by atoms with van der Waals surface area (Å²) in [6.07, 6.45) is 1.73. The second-order valence-electron chi connectivity index (χ2n) is 3.75. The molecule has 0 radical (unpaired) electrons. The van der Waals surface area contributed by atoms with Gasteiger partial charge < -0.3 is 5.32 Å². The van der Waals surface area contributed by atoms with Crippen LogP contribution in [-0.2, 0) is 16.6 Å². The van der Waals surface area contributed by atoms with Gasteiger partial charge in [-0.3, -0.25) is 0 Å². The molecule has 0 saturated carbocycles. The van der Waals surface area contributed by atoms with Gasteiger partial charge in [0, 0.05) is 17.3 Å². The molecule has 0 atom stereocenters. The second kappa shape index (κ2) is 5.05. The van der Waals surface area contributed by atoms with Crippen molar-refractivity contribution in [2.75, 3.05) is 5.32 Å². The molecule has 96 valence electrons. The fourth-order valence-corrected chi connectivity index (χ4v) is 2.99. The van der Waals surface area contributed by atoms with Gasteiger partial charge in [-0.1, -0.05) is 6.07 Å². The molecule has 0 spiro atoms. The van der Waals surface area contributed by atoms with Crippen LogP contribution in [0.1, 0.15) is 10.6 Å². The monoisotopic (exact) mass is 283 g/mol.